The molecule has 0 radical (unpaired) electrons. The van der Waals surface area contributed by atoms with Crippen molar-refractivity contribution in [2.75, 3.05) is 13.2 Å². The lowest BCUT2D eigenvalue weighted by Gasteiger charge is -2.17. The lowest BCUT2D eigenvalue weighted by atomic mass is 9.97. The Balaban J connectivity index is 2.09. The summed E-state index contributed by atoms with van der Waals surface area (Å²) < 4.78 is 7.10. The summed E-state index contributed by atoms with van der Waals surface area (Å²) in [5.41, 5.74) is 6.07. The Morgan fingerprint density at radius 1 is 1.53 bits per heavy atom. The third-order valence-electron chi connectivity index (χ3n) is 3.88. The van der Waals surface area contributed by atoms with E-state index in [1.165, 1.54) is 4.68 Å². The van der Waals surface area contributed by atoms with E-state index in [9.17, 15) is 10.1 Å². The van der Waals surface area contributed by atoms with Crippen LogP contribution in [0.5, 0.6) is 5.88 Å². The van der Waals surface area contributed by atoms with Gasteiger partial charge in [-0.05, 0) is 38.1 Å². The molecule has 7 heteroatoms. The van der Waals surface area contributed by atoms with Crippen molar-refractivity contribution in [2.24, 2.45) is 24.6 Å². The minimum atomic E-state index is -0.438. The number of nitro groups is 1. The first-order chi connectivity index (χ1) is 9.04. The third kappa shape index (κ3) is 2.70. The molecule has 2 atom stereocenters. The first-order valence-corrected chi connectivity index (χ1v) is 6.55. The monoisotopic (exact) mass is 268 g/mol. The van der Waals surface area contributed by atoms with Crippen molar-refractivity contribution in [1.29, 1.82) is 0 Å². The van der Waals surface area contributed by atoms with E-state index in [1.54, 1.807) is 14.0 Å². The molecule has 1 aromatic heterocycles. The number of aryl methyl sites for hydroxylation is 2. The lowest BCUT2D eigenvalue weighted by molar-refractivity contribution is -0.386. The molecule has 2 unspecified atom stereocenters. The predicted molar refractivity (Wildman–Crippen MR) is 70.0 cm³/mol. The normalized spacial score (nSPS) is 22.7. The van der Waals surface area contributed by atoms with E-state index in [1.807, 2.05) is 0 Å². The molecule has 1 heterocycles. The number of nitrogens with zero attached hydrogens (tertiary/aromatic N) is 3. The van der Waals surface area contributed by atoms with Crippen LogP contribution in [0.4, 0.5) is 5.69 Å². The summed E-state index contributed by atoms with van der Waals surface area (Å²) in [5.74, 6) is 1.10. The predicted octanol–water partition coefficient (Wildman–Crippen LogP) is 1.39. The molecule has 1 aliphatic carbocycles. The number of hydrogen-bond donors (Lipinski definition) is 1. The zero-order chi connectivity index (χ0) is 14.0. The van der Waals surface area contributed by atoms with Crippen LogP contribution < -0.4 is 10.5 Å². The van der Waals surface area contributed by atoms with Crippen LogP contribution >= 0.6 is 0 Å². The molecule has 0 bridgehead atoms. The van der Waals surface area contributed by atoms with Crippen molar-refractivity contribution in [3.8, 4) is 5.88 Å². The highest BCUT2D eigenvalue weighted by Crippen LogP contribution is 2.34. The summed E-state index contributed by atoms with van der Waals surface area (Å²) in [6.07, 6.45) is 3.35. The van der Waals surface area contributed by atoms with Gasteiger partial charge in [0.2, 0.25) is 0 Å². The number of rotatable bonds is 5. The fourth-order valence-electron chi connectivity index (χ4n) is 2.83. The van der Waals surface area contributed by atoms with Gasteiger partial charge in [0, 0.05) is 7.05 Å². The van der Waals surface area contributed by atoms with Gasteiger partial charge in [-0.1, -0.05) is 6.42 Å². The molecule has 0 saturated heterocycles. The maximum atomic E-state index is 11.0. The molecule has 2 N–H and O–H groups in total. The van der Waals surface area contributed by atoms with E-state index in [-0.39, 0.29) is 11.6 Å². The SMILES string of the molecule is Cc1nn(C)c(OCC2CCCC2CN)c1[N+](=O)[O-]. The average molecular weight is 268 g/mol. The van der Waals surface area contributed by atoms with Crippen LogP contribution in [0.2, 0.25) is 0 Å². The maximum absolute atomic E-state index is 11.0. The first-order valence-electron chi connectivity index (χ1n) is 6.55. The second kappa shape index (κ2) is 5.56. The van der Waals surface area contributed by atoms with Crippen molar-refractivity contribution in [2.45, 2.75) is 26.2 Å². The van der Waals surface area contributed by atoms with Gasteiger partial charge in [0.1, 0.15) is 5.69 Å². The Morgan fingerprint density at radius 2 is 2.21 bits per heavy atom. The molecule has 2 rings (SSSR count). The van der Waals surface area contributed by atoms with Gasteiger partial charge in [0.25, 0.3) is 5.88 Å². The van der Waals surface area contributed by atoms with Crippen molar-refractivity contribution in [3.05, 3.63) is 15.8 Å². The van der Waals surface area contributed by atoms with Crippen molar-refractivity contribution in [3.63, 3.8) is 0 Å². The highest BCUT2D eigenvalue weighted by atomic mass is 16.6. The summed E-state index contributed by atoms with van der Waals surface area (Å²) in [7, 11) is 1.66. The van der Waals surface area contributed by atoms with E-state index in [0.717, 1.165) is 19.3 Å². The number of nitrogens with two attached hydrogens (primary N) is 1. The molecule has 1 saturated carbocycles. The number of hydrogen-bond acceptors (Lipinski definition) is 5. The van der Waals surface area contributed by atoms with Gasteiger partial charge in [0.15, 0.2) is 0 Å². The fourth-order valence-corrected chi connectivity index (χ4v) is 2.83. The summed E-state index contributed by atoms with van der Waals surface area (Å²) in [5, 5.41) is 15.1. The largest absolute Gasteiger partial charge is 0.473 e. The fraction of sp³-hybridized carbons (Fsp3) is 0.750. The zero-order valence-electron chi connectivity index (χ0n) is 11.3. The molecule has 1 fully saturated rings. The molecule has 0 spiro atoms. The quantitative estimate of drug-likeness (QED) is 0.643. The van der Waals surface area contributed by atoms with Gasteiger partial charge < -0.3 is 10.5 Å². The van der Waals surface area contributed by atoms with Gasteiger partial charge in [0.05, 0.1) is 11.5 Å². The Kier molecular flexibility index (Phi) is 4.04. The smallest absolute Gasteiger partial charge is 0.353 e. The Morgan fingerprint density at radius 3 is 2.84 bits per heavy atom. The number of aromatic nitrogens is 2. The molecule has 0 amide bonds. The second-order valence-electron chi connectivity index (χ2n) is 5.12. The molecule has 7 nitrogen and oxygen atoms in total. The average Bonchev–Trinajstić information content (AvgIpc) is 2.90. The van der Waals surface area contributed by atoms with Gasteiger partial charge >= 0.3 is 5.69 Å². The molecular weight excluding hydrogens is 248 g/mol. The molecule has 0 aliphatic heterocycles. The van der Waals surface area contributed by atoms with Gasteiger partial charge in [-0.2, -0.15) is 5.10 Å². The molecule has 1 aliphatic rings. The van der Waals surface area contributed by atoms with E-state index in [0.29, 0.717) is 30.7 Å². The van der Waals surface area contributed by atoms with E-state index in [2.05, 4.69) is 5.10 Å². The summed E-state index contributed by atoms with van der Waals surface area (Å²) >= 11 is 0. The van der Waals surface area contributed by atoms with Crippen LogP contribution in [0, 0.1) is 28.9 Å². The Labute approximate surface area is 111 Å². The summed E-state index contributed by atoms with van der Waals surface area (Å²) in [6, 6.07) is 0. The van der Waals surface area contributed by atoms with Crippen LogP contribution in [0.15, 0.2) is 0 Å². The van der Waals surface area contributed by atoms with Crippen molar-refractivity contribution < 1.29 is 9.66 Å². The maximum Gasteiger partial charge on any atom is 0.353 e. The van der Waals surface area contributed by atoms with Gasteiger partial charge in [-0.15, -0.1) is 0 Å². The van der Waals surface area contributed by atoms with Gasteiger partial charge in [-0.25, -0.2) is 4.68 Å². The highest BCUT2D eigenvalue weighted by molar-refractivity contribution is 5.45. The minimum Gasteiger partial charge on any atom is -0.473 e. The van der Waals surface area contributed by atoms with Crippen molar-refractivity contribution >= 4 is 5.69 Å². The summed E-state index contributed by atoms with van der Waals surface area (Å²) in [4.78, 5) is 10.6. The molecule has 1 aromatic rings. The zero-order valence-corrected chi connectivity index (χ0v) is 11.3. The van der Waals surface area contributed by atoms with Crippen LogP contribution in [0.3, 0.4) is 0 Å². The van der Waals surface area contributed by atoms with E-state index in [4.69, 9.17) is 10.5 Å². The lowest BCUT2D eigenvalue weighted by Crippen LogP contribution is -2.24. The van der Waals surface area contributed by atoms with Crippen LogP contribution in [0.25, 0.3) is 0 Å². The van der Waals surface area contributed by atoms with Crippen molar-refractivity contribution in [1.82, 2.24) is 9.78 Å². The molecule has 19 heavy (non-hydrogen) atoms. The minimum absolute atomic E-state index is 0.0372. The Bertz CT molecular complexity index is 472. The third-order valence-corrected chi connectivity index (χ3v) is 3.88. The number of ether oxygens (including phenoxy) is 1. The highest BCUT2D eigenvalue weighted by Gasteiger charge is 2.30. The van der Waals surface area contributed by atoms with Gasteiger partial charge in [-0.3, -0.25) is 10.1 Å². The van der Waals surface area contributed by atoms with E-state index >= 15 is 0 Å². The standard InChI is InChI=1S/C12H20N4O3/c1-8-11(16(17)18)12(15(2)14-8)19-7-10-5-3-4-9(10)6-13/h9-10H,3-7,13H2,1-2H3. The Hall–Kier alpha value is -1.63. The van der Waals surface area contributed by atoms with Crippen LogP contribution in [-0.2, 0) is 7.05 Å². The summed E-state index contributed by atoms with van der Waals surface area (Å²) in [6.45, 7) is 2.74. The molecular formula is C12H20N4O3. The molecule has 0 aromatic carbocycles. The van der Waals surface area contributed by atoms with E-state index < -0.39 is 4.92 Å². The topological polar surface area (TPSA) is 96.2 Å². The van der Waals surface area contributed by atoms with Crippen LogP contribution in [-0.4, -0.2) is 27.9 Å². The first kappa shape index (κ1) is 13.8. The van der Waals surface area contributed by atoms with Crippen LogP contribution in [0.1, 0.15) is 25.0 Å². The second-order valence-corrected chi connectivity index (χ2v) is 5.12. The molecule has 106 valence electrons.